The number of hydrogen-bond donors (Lipinski definition) is 2. The quantitative estimate of drug-likeness (QED) is 0.399. The number of carboxylic acid groups (broad SMARTS) is 1. The Morgan fingerprint density at radius 1 is 0.950 bits per heavy atom. The molecule has 0 atom stereocenters. The molecular formula is C16H30ClNO2. The van der Waals surface area contributed by atoms with Crippen LogP contribution in [0.2, 0.25) is 0 Å². The highest BCUT2D eigenvalue weighted by molar-refractivity contribution is 5.85. The molecule has 2 N–H and O–H groups in total. The van der Waals surface area contributed by atoms with E-state index in [9.17, 15) is 4.79 Å². The van der Waals surface area contributed by atoms with Gasteiger partial charge in [-0.25, -0.2) is 0 Å². The molecule has 0 aliphatic carbocycles. The maximum absolute atomic E-state index is 10.2. The Hall–Kier alpha value is -0.720. The summed E-state index contributed by atoms with van der Waals surface area (Å²) in [5, 5.41) is 11.3. The Morgan fingerprint density at radius 2 is 1.45 bits per heavy atom. The monoisotopic (exact) mass is 303 g/mol. The van der Waals surface area contributed by atoms with E-state index < -0.39 is 5.97 Å². The highest BCUT2D eigenvalue weighted by atomic mass is 35.5. The van der Waals surface area contributed by atoms with E-state index in [1.54, 1.807) is 0 Å². The first-order valence-electron chi connectivity index (χ1n) is 7.59. The van der Waals surface area contributed by atoms with E-state index in [-0.39, 0.29) is 19.0 Å². The van der Waals surface area contributed by atoms with Crippen molar-refractivity contribution in [1.29, 1.82) is 0 Å². The summed E-state index contributed by atoms with van der Waals surface area (Å²) in [6, 6.07) is 0. The van der Waals surface area contributed by atoms with Crippen LogP contribution < -0.4 is 5.32 Å². The van der Waals surface area contributed by atoms with Crippen LogP contribution in [-0.2, 0) is 4.79 Å². The molecule has 0 fully saturated rings. The lowest BCUT2D eigenvalue weighted by molar-refractivity contribution is -0.135. The van der Waals surface area contributed by atoms with Gasteiger partial charge in [-0.15, -0.1) is 24.2 Å². The molecule has 0 radical (unpaired) electrons. The molecule has 0 saturated carbocycles. The molecule has 118 valence electrons. The van der Waals surface area contributed by atoms with Crippen molar-refractivity contribution in [3.63, 3.8) is 0 Å². The Kier molecular flexibility index (Phi) is 19.7. The van der Waals surface area contributed by atoms with Crippen LogP contribution in [0.1, 0.15) is 71.1 Å². The molecule has 0 aliphatic rings. The second-order valence-corrected chi connectivity index (χ2v) is 4.93. The van der Waals surface area contributed by atoms with E-state index in [0.29, 0.717) is 0 Å². The van der Waals surface area contributed by atoms with Gasteiger partial charge in [0.1, 0.15) is 0 Å². The zero-order valence-electron chi connectivity index (χ0n) is 12.7. The van der Waals surface area contributed by atoms with Gasteiger partial charge in [-0.1, -0.05) is 44.9 Å². The third-order valence-electron chi connectivity index (χ3n) is 3.11. The standard InChI is InChI=1S/C16H29NO2.ClH/c1-2-3-4-5-6-7-8-9-10-11-12-13-14-17-15-16(18)19;/h17H,4-15H2,1H3,(H,18,19);1H. The van der Waals surface area contributed by atoms with Gasteiger partial charge >= 0.3 is 5.97 Å². The number of carbonyl (C=O) groups is 1. The van der Waals surface area contributed by atoms with Crippen LogP contribution in [0.15, 0.2) is 0 Å². The molecule has 0 rings (SSSR count). The summed E-state index contributed by atoms with van der Waals surface area (Å²) >= 11 is 0. The van der Waals surface area contributed by atoms with Crippen molar-refractivity contribution in [2.75, 3.05) is 13.1 Å². The SMILES string of the molecule is CC#CCCCCCCCCCCCNCC(=O)O.Cl. The van der Waals surface area contributed by atoms with Gasteiger partial charge in [0.2, 0.25) is 0 Å². The summed E-state index contributed by atoms with van der Waals surface area (Å²) < 4.78 is 0. The summed E-state index contributed by atoms with van der Waals surface area (Å²) in [6.45, 7) is 2.81. The van der Waals surface area contributed by atoms with E-state index >= 15 is 0 Å². The van der Waals surface area contributed by atoms with Crippen LogP contribution >= 0.6 is 12.4 Å². The second-order valence-electron chi connectivity index (χ2n) is 4.93. The van der Waals surface area contributed by atoms with Crippen molar-refractivity contribution in [3.05, 3.63) is 0 Å². The average molecular weight is 304 g/mol. The van der Waals surface area contributed by atoms with Gasteiger partial charge in [-0.3, -0.25) is 4.79 Å². The minimum absolute atomic E-state index is 0. The third kappa shape index (κ3) is 19.6. The summed E-state index contributed by atoms with van der Waals surface area (Å²) in [5.41, 5.74) is 0. The number of hydrogen-bond acceptors (Lipinski definition) is 2. The molecule has 4 heteroatoms. The highest BCUT2D eigenvalue weighted by Gasteiger charge is 1.95. The normalized spacial score (nSPS) is 9.45. The largest absolute Gasteiger partial charge is 0.480 e. The molecule has 3 nitrogen and oxygen atoms in total. The van der Waals surface area contributed by atoms with E-state index in [1.807, 2.05) is 6.92 Å². The highest BCUT2D eigenvalue weighted by Crippen LogP contribution is 2.10. The molecule has 0 spiro atoms. The van der Waals surface area contributed by atoms with Crippen LogP contribution in [0.3, 0.4) is 0 Å². The van der Waals surface area contributed by atoms with E-state index in [4.69, 9.17) is 5.11 Å². The number of carboxylic acids is 1. The second kappa shape index (κ2) is 18.3. The summed E-state index contributed by atoms with van der Waals surface area (Å²) in [5.74, 6) is 5.25. The molecule has 0 unspecified atom stereocenters. The summed E-state index contributed by atoms with van der Waals surface area (Å²) in [4.78, 5) is 10.2. The number of unbranched alkanes of at least 4 members (excludes halogenated alkanes) is 9. The van der Waals surface area contributed by atoms with Gasteiger partial charge in [0.05, 0.1) is 6.54 Å². The van der Waals surface area contributed by atoms with Crippen molar-refractivity contribution in [2.45, 2.75) is 71.1 Å². The van der Waals surface area contributed by atoms with Gasteiger partial charge in [0.25, 0.3) is 0 Å². The molecule has 20 heavy (non-hydrogen) atoms. The van der Waals surface area contributed by atoms with E-state index in [0.717, 1.165) is 19.4 Å². The third-order valence-corrected chi connectivity index (χ3v) is 3.11. The Bertz CT molecular complexity index is 271. The minimum atomic E-state index is -0.773. The van der Waals surface area contributed by atoms with Gasteiger partial charge < -0.3 is 10.4 Å². The Labute approximate surface area is 130 Å². The Morgan fingerprint density at radius 3 is 1.95 bits per heavy atom. The molecular weight excluding hydrogens is 274 g/mol. The zero-order chi connectivity index (χ0) is 14.2. The molecule has 0 heterocycles. The molecule has 0 aromatic carbocycles. The van der Waals surface area contributed by atoms with Crippen molar-refractivity contribution in [1.82, 2.24) is 5.32 Å². The molecule has 0 aromatic heterocycles. The average Bonchev–Trinajstić information content (AvgIpc) is 2.39. The first-order chi connectivity index (χ1) is 9.27. The van der Waals surface area contributed by atoms with Gasteiger partial charge in [-0.05, 0) is 26.3 Å². The number of halogens is 1. The van der Waals surface area contributed by atoms with Crippen LogP contribution in [0.4, 0.5) is 0 Å². The molecule has 0 aromatic rings. The van der Waals surface area contributed by atoms with Crippen LogP contribution in [0.5, 0.6) is 0 Å². The summed E-state index contributed by atoms with van der Waals surface area (Å²) in [7, 11) is 0. The van der Waals surface area contributed by atoms with E-state index in [1.165, 1.54) is 51.4 Å². The molecule has 0 aliphatic heterocycles. The fourth-order valence-corrected chi connectivity index (χ4v) is 2.02. The molecule has 0 saturated heterocycles. The van der Waals surface area contributed by atoms with Crippen molar-refractivity contribution in [2.24, 2.45) is 0 Å². The van der Waals surface area contributed by atoms with Crippen molar-refractivity contribution >= 4 is 18.4 Å². The maximum atomic E-state index is 10.2. The Balaban J connectivity index is 0. The zero-order valence-corrected chi connectivity index (χ0v) is 13.6. The van der Waals surface area contributed by atoms with Gasteiger partial charge in [-0.2, -0.15) is 0 Å². The van der Waals surface area contributed by atoms with Crippen LogP contribution in [0.25, 0.3) is 0 Å². The first-order valence-corrected chi connectivity index (χ1v) is 7.59. The number of rotatable bonds is 13. The lowest BCUT2D eigenvalue weighted by Gasteiger charge is -2.03. The van der Waals surface area contributed by atoms with Gasteiger partial charge in [0.15, 0.2) is 0 Å². The van der Waals surface area contributed by atoms with E-state index in [2.05, 4.69) is 17.2 Å². The van der Waals surface area contributed by atoms with Crippen LogP contribution in [0, 0.1) is 11.8 Å². The number of aliphatic carboxylic acids is 1. The smallest absolute Gasteiger partial charge is 0.317 e. The van der Waals surface area contributed by atoms with Crippen molar-refractivity contribution in [3.8, 4) is 11.8 Å². The molecule has 0 amide bonds. The predicted molar refractivity (Wildman–Crippen MR) is 87.4 cm³/mol. The minimum Gasteiger partial charge on any atom is -0.480 e. The summed E-state index contributed by atoms with van der Waals surface area (Å²) in [6.07, 6.45) is 12.5. The maximum Gasteiger partial charge on any atom is 0.317 e. The predicted octanol–water partition coefficient (Wildman–Crippen LogP) is 4.01. The number of nitrogens with one attached hydrogen (secondary N) is 1. The van der Waals surface area contributed by atoms with Crippen molar-refractivity contribution < 1.29 is 9.90 Å². The van der Waals surface area contributed by atoms with Gasteiger partial charge in [0, 0.05) is 6.42 Å². The topological polar surface area (TPSA) is 49.3 Å². The lowest BCUT2D eigenvalue weighted by atomic mass is 10.1. The molecule has 0 bridgehead atoms. The lowest BCUT2D eigenvalue weighted by Crippen LogP contribution is -2.23. The fourth-order valence-electron chi connectivity index (χ4n) is 2.02. The fraction of sp³-hybridized carbons (Fsp3) is 0.812. The van der Waals surface area contributed by atoms with Crippen LogP contribution in [-0.4, -0.2) is 24.2 Å². The first kappa shape index (κ1) is 21.6.